The lowest BCUT2D eigenvalue weighted by Crippen LogP contribution is -2.18. The number of halogens is 3. The number of ether oxygens (including phenoxy) is 1. The minimum absolute atomic E-state index is 0.188. The van der Waals surface area contributed by atoms with Gasteiger partial charge in [0, 0.05) is 18.7 Å². The summed E-state index contributed by atoms with van der Waals surface area (Å²) in [4.78, 5) is 6.47. The molecule has 3 aromatic rings. The number of benzene rings is 2. The summed E-state index contributed by atoms with van der Waals surface area (Å²) in [5.74, 6) is 1.56. The van der Waals surface area contributed by atoms with Crippen molar-refractivity contribution < 1.29 is 22.3 Å². The second-order valence-corrected chi connectivity index (χ2v) is 6.62. The summed E-state index contributed by atoms with van der Waals surface area (Å²) in [7, 11) is 3.56. The maximum Gasteiger partial charge on any atom is 0.416 e. The number of hydrogen-bond acceptors (Lipinski definition) is 4. The molecule has 0 bridgehead atoms. The highest BCUT2D eigenvalue weighted by Gasteiger charge is 2.30. The van der Waals surface area contributed by atoms with Crippen LogP contribution in [0, 0.1) is 6.92 Å². The van der Waals surface area contributed by atoms with Gasteiger partial charge in [-0.3, -0.25) is 4.90 Å². The zero-order valence-electron chi connectivity index (χ0n) is 15.9. The number of methoxy groups -OCH3 is 1. The molecule has 0 aliphatic carbocycles. The first-order valence-corrected chi connectivity index (χ1v) is 8.71. The van der Waals surface area contributed by atoms with E-state index in [0.717, 1.165) is 23.4 Å². The molecule has 0 saturated heterocycles. The first-order valence-electron chi connectivity index (χ1n) is 8.71. The Morgan fingerprint density at radius 2 is 1.82 bits per heavy atom. The fourth-order valence-electron chi connectivity index (χ4n) is 2.92. The normalized spacial score (nSPS) is 11.8. The monoisotopic (exact) mass is 390 g/mol. The van der Waals surface area contributed by atoms with Crippen molar-refractivity contribution in [2.24, 2.45) is 0 Å². The standard InChI is InChI=1S/C21H21F3N2O2/c1-14-19(13-26(2)12-15-6-4-9-18(10-15)27-3)25-20(28-14)16-7-5-8-17(11-16)21(22,23)24/h4-11H,12-13H2,1-3H3. The molecular formula is C21H21F3N2O2. The summed E-state index contributed by atoms with van der Waals surface area (Å²) in [6.45, 7) is 2.94. The Hall–Kier alpha value is -2.80. The van der Waals surface area contributed by atoms with E-state index in [0.29, 0.717) is 30.1 Å². The van der Waals surface area contributed by atoms with E-state index in [2.05, 4.69) is 9.88 Å². The highest BCUT2D eigenvalue weighted by molar-refractivity contribution is 5.55. The van der Waals surface area contributed by atoms with Crippen LogP contribution in [0.3, 0.4) is 0 Å². The van der Waals surface area contributed by atoms with Gasteiger partial charge in [-0.2, -0.15) is 13.2 Å². The van der Waals surface area contributed by atoms with Crippen molar-refractivity contribution in [3.63, 3.8) is 0 Å². The molecular weight excluding hydrogens is 369 g/mol. The topological polar surface area (TPSA) is 38.5 Å². The second kappa shape index (κ2) is 8.06. The van der Waals surface area contributed by atoms with Gasteiger partial charge in [-0.15, -0.1) is 0 Å². The summed E-state index contributed by atoms with van der Waals surface area (Å²) < 4.78 is 49.7. The largest absolute Gasteiger partial charge is 0.497 e. The Morgan fingerprint density at radius 3 is 2.54 bits per heavy atom. The molecule has 28 heavy (non-hydrogen) atoms. The van der Waals surface area contributed by atoms with Crippen molar-refractivity contribution in [3.8, 4) is 17.2 Å². The summed E-state index contributed by atoms with van der Waals surface area (Å²) in [6, 6.07) is 12.8. The number of nitrogens with zero attached hydrogens (tertiary/aromatic N) is 2. The van der Waals surface area contributed by atoms with Gasteiger partial charge in [0.15, 0.2) is 0 Å². The minimum Gasteiger partial charge on any atom is -0.497 e. The van der Waals surface area contributed by atoms with E-state index < -0.39 is 11.7 Å². The molecule has 3 rings (SSSR count). The van der Waals surface area contributed by atoms with Crippen LogP contribution in [0.1, 0.15) is 22.6 Å². The molecule has 1 aromatic heterocycles. The Balaban J connectivity index is 1.75. The van der Waals surface area contributed by atoms with E-state index in [1.807, 2.05) is 31.3 Å². The lowest BCUT2D eigenvalue weighted by atomic mass is 10.1. The molecule has 0 aliphatic heterocycles. The third kappa shape index (κ3) is 4.72. The molecule has 4 nitrogen and oxygen atoms in total. The zero-order chi connectivity index (χ0) is 20.3. The average Bonchev–Trinajstić information content (AvgIpc) is 3.01. The maximum absolute atomic E-state index is 12.9. The number of oxazole rings is 1. The van der Waals surface area contributed by atoms with Crippen molar-refractivity contribution in [1.82, 2.24) is 9.88 Å². The van der Waals surface area contributed by atoms with Crippen molar-refractivity contribution in [1.29, 1.82) is 0 Å². The Morgan fingerprint density at radius 1 is 1.07 bits per heavy atom. The molecule has 1 heterocycles. The Kier molecular flexibility index (Phi) is 5.74. The van der Waals surface area contributed by atoms with E-state index in [4.69, 9.17) is 9.15 Å². The molecule has 0 fully saturated rings. The SMILES string of the molecule is COc1cccc(CN(C)Cc2nc(-c3cccc(C(F)(F)F)c3)oc2C)c1. The van der Waals surface area contributed by atoms with Gasteiger partial charge in [0.25, 0.3) is 0 Å². The highest BCUT2D eigenvalue weighted by Crippen LogP contribution is 2.32. The molecule has 0 aliphatic rings. The van der Waals surface area contributed by atoms with Crippen LogP contribution in [-0.4, -0.2) is 24.0 Å². The van der Waals surface area contributed by atoms with Crippen LogP contribution in [0.5, 0.6) is 5.75 Å². The van der Waals surface area contributed by atoms with Crippen LogP contribution >= 0.6 is 0 Å². The molecule has 0 N–H and O–H groups in total. The number of aromatic nitrogens is 1. The molecule has 7 heteroatoms. The third-order valence-electron chi connectivity index (χ3n) is 4.34. The summed E-state index contributed by atoms with van der Waals surface area (Å²) in [5, 5.41) is 0. The summed E-state index contributed by atoms with van der Waals surface area (Å²) in [5.41, 5.74) is 1.36. The van der Waals surface area contributed by atoms with Gasteiger partial charge in [-0.05, 0) is 49.9 Å². The van der Waals surface area contributed by atoms with E-state index in [1.165, 1.54) is 6.07 Å². The Labute approximate surface area is 161 Å². The van der Waals surface area contributed by atoms with Gasteiger partial charge >= 0.3 is 6.18 Å². The van der Waals surface area contributed by atoms with Gasteiger partial charge in [0.2, 0.25) is 5.89 Å². The molecule has 0 spiro atoms. The average molecular weight is 390 g/mol. The number of alkyl halides is 3. The van der Waals surface area contributed by atoms with Gasteiger partial charge in [-0.1, -0.05) is 18.2 Å². The molecule has 0 radical (unpaired) electrons. The first kappa shape index (κ1) is 19.9. The van der Waals surface area contributed by atoms with Crippen molar-refractivity contribution in [2.75, 3.05) is 14.2 Å². The molecule has 0 amide bonds. The number of rotatable bonds is 6. The van der Waals surface area contributed by atoms with Crippen LogP contribution in [0.25, 0.3) is 11.5 Å². The molecule has 148 valence electrons. The van der Waals surface area contributed by atoms with Gasteiger partial charge < -0.3 is 9.15 Å². The number of hydrogen-bond donors (Lipinski definition) is 0. The van der Waals surface area contributed by atoms with Crippen LogP contribution in [0.15, 0.2) is 52.9 Å². The summed E-state index contributed by atoms with van der Waals surface area (Å²) in [6.07, 6.45) is -4.41. The van der Waals surface area contributed by atoms with Crippen LogP contribution < -0.4 is 4.74 Å². The number of aryl methyl sites for hydroxylation is 1. The van der Waals surface area contributed by atoms with Crippen molar-refractivity contribution in [3.05, 3.63) is 71.1 Å². The lowest BCUT2D eigenvalue weighted by molar-refractivity contribution is -0.137. The van der Waals surface area contributed by atoms with Gasteiger partial charge in [0.05, 0.1) is 18.4 Å². The summed E-state index contributed by atoms with van der Waals surface area (Å²) >= 11 is 0. The predicted molar refractivity (Wildman–Crippen MR) is 99.8 cm³/mol. The quantitative estimate of drug-likeness (QED) is 0.572. The maximum atomic E-state index is 12.9. The van der Waals surface area contributed by atoms with E-state index in [1.54, 1.807) is 20.1 Å². The van der Waals surface area contributed by atoms with Crippen LogP contribution in [0.2, 0.25) is 0 Å². The van der Waals surface area contributed by atoms with Crippen molar-refractivity contribution in [2.45, 2.75) is 26.2 Å². The van der Waals surface area contributed by atoms with Gasteiger partial charge in [0.1, 0.15) is 11.5 Å². The lowest BCUT2D eigenvalue weighted by Gasteiger charge is -2.16. The minimum atomic E-state index is -4.41. The first-order chi connectivity index (χ1) is 13.3. The molecule has 0 saturated carbocycles. The fourth-order valence-corrected chi connectivity index (χ4v) is 2.92. The highest BCUT2D eigenvalue weighted by atomic mass is 19.4. The smallest absolute Gasteiger partial charge is 0.416 e. The molecule has 0 atom stereocenters. The van der Waals surface area contributed by atoms with Crippen molar-refractivity contribution >= 4 is 0 Å². The fraction of sp³-hybridized carbons (Fsp3) is 0.286. The second-order valence-electron chi connectivity index (χ2n) is 6.62. The molecule has 2 aromatic carbocycles. The van der Waals surface area contributed by atoms with Crippen LogP contribution in [-0.2, 0) is 19.3 Å². The Bertz CT molecular complexity index is 951. The molecule has 0 unspecified atom stereocenters. The van der Waals surface area contributed by atoms with E-state index in [-0.39, 0.29) is 5.89 Å². The predicted octanol–water partition coefficient (Wildman–Crippen LogP) is 5.31. The van der Waals surface area contributed by atoms with Gasteiger partial charge in [-0.25, -0.2) is 4.98 Å². The van der Waals surface area contributed by atoms with Crippen LogP contribution in [0.4, 0.5) is 13.2 Å². The van der Waals surface area contributed by atoms with E-state index >= 15 is 0 Å². The zero-order valence-corrected chi connectivity index (χ0v) is 15.9. The third-order valence-corrected chi connectivity index (χ3v) is 4.34. The van der Waals surface area contributed by atoms with E-state index in [9.17, 15) is 13.2 Å².